The molecule has 1 aliphatic rings. The van der Waals surface area contributed by atoms with Crippen LogP contribution in [-0.4, -0.2) is 53.2 Å². The zero-order valence-corrected chi connectivity index (χ0v) is 9.68. The van der Waals surface area contributed by atoms with E-state index in [0.29, 0.717) is 0 Å². The lowest BCUT2D eigenvalue weighted by atomic mass is 10.0. The molecule has 0 spiro atoms. The number of hydrogen-bond donors (Lipinski definition) is 5. The fourth-order valence-electron chi connectivity index (χ4n) is 1.29. The van der Waals surface area contributed by atoms with E-state index in [9.17, 15) is 9.90 Å². The molecule has 1 unspecified atom stereocenters. The largest absolute Gasteiger partial charge is 0.389 e. The summed E-state index contributed by atoms with van der Waals surface area (Å²) in [5.74, 6) is -0.397. The van der Waals surface area contributed by atoms with E-state index in [1.165, 1.54) is 6.92 Å². The van der Waals surface area contributed by atoms with E-state index in [4.69, 9.17) is 21.3 Å². The molecule has 1 rings (SSSR count). The fourth-order valence-corrected chi connectivity index (χ4v) is 1.29. The van der Waals surface area contributed by atoms with Gasteiger partial charge in [-0.05, 0) is 6.92 Å². The molecule has 0 aliphatic carbocycles. The molecule has 1 saturated heterocycles. The molecule has 1 aliphatic heterocycles. The van der Waals surface area contributed by atoms with Gasteiger partial charge in [-0.2, -0.15) is 0 Å². The standard InChI is InChI=1S/C8H17N3O4.ClH/c1-3(9)7(13)11-4-2-15-8(14)5(10)6(4)12;/h3-6,8,12,14H,2,9-10H2,1H3,(H,11,13);1H/t3-,4-,5+,6-,8?;/m0./s1. The van der Waals surface area contributed by atoms with Crippen LogP contribution in [0.5, 0.6) is 0 Å². The van der Waals surface area contributed by atoms with E-state index >= 15 is 0 Å². The number of carbonyl (C=O) groups is 1. The first-order chi connectivity index (χ1) is 6.93. The maximum atomic E-state index is 11.2. The predicted molar refractivity (Wildman–Crippen MR) is 58.8 cm³/mol. The Kier molecular flexibility index (Phi) is 6.16. The molecule has 1 amide bonds. The first-order valence-corrected chi connectivity index (χ1v) is 4.72. The second-order valence-corrected chi connectivity index (χ2v) is 3.70. The van der Waals surface area contributed by atoms with E-state index in [0.717, 1.165) is 0 Å². The first kappa shape index (κ1) is 15.6. The van der Waals surface area contributed by atoms with Crippen LogP contribution in [0.1, 0.15) is 6.92 Å². The number of ether oxygens (including phenoxy) is 1. The van der Waals surface area contributed by atoms with Gasteiger partial charge in [0.25, 0.3) is 0 Å². The maximum absolute atomic E-state index is 11.2. The average molecular weight is 256 g/mol. The lowest BCUT2D eigenvalue weighted by Crippen LogP contribution is -2.63. The Hall–Kier alpha value is -0.440. The monoisotopic (exact) mass is 255 g/mol. The highest BCUT2D eigenvalue weighted by Crippen LogP contribution is 2.11. The predicted octanol–water partition coefficient (Wildman–Crippen LogP) is -2.72. The number of carbonyl (C=O) groups excluding carboxylic acids is 1. The van der Waals surface area contributed by atoms with Crippen molar-refractivity contribution < 1.29 is 19.7 Å². The Bertz CT molecular complexity index is 241. The van der Waals surface area contributed by atoms with Crippen molar-refractivity contribution in [2.75, 3.05) is 6.61 Å². The zero-order valence-electron chi connectivity index (χ0n) is 8.87. The SMILES string of the molecule is C[C@H](N)C(=O)N[C@H]1COC(O)[C@H](N)[C@H]1O.Cl. The van der Waals surface area contributed by atoms with Gasteiger partial charge in [0, 0.05) is 0 Å². The van der Waals surface area contributed by atoms with E-state index < -0.39 is 36.4 Å². The molecular formula is C8H18ClN3O4. The zero-order chi connectivity index (χ0) is 11.6. The van der Waals surface area contributed by atoms with Crippen molar-refractivity contribution in [3.63, 3.8) is 0 Å². The van der Waals surface area contributed by atoms with Gasteiger partial charge in [0.15, 0.2) is 6.29 Å². The van der Waals surface area contributed by atoms with Crippen LogP contribution in [0, 0.1) is 0 Å². The summed E-state index contributed by atoms with van der Waals surface area (Å²) in [6.45, 7) is 1.54. The van der Waals surface area contributed by atoms with E-state index in [-0.39, 0.29) is 19.0 Å². The van der Waals surface area contributed by atoms with Gasteiger partial charge in [-0.3, -0.25) is 4.79 Å². The molecule has 0 aromatic heterocycles. The molecule has 5 atom stereocenters. The smallest absolute Gasteiger partial charge is 0.237 e. The number of nitrogens with two attached hydrogens (primary N) is 2. The Balaban J connectivity index is 0.00000225. The first-order valence-electron chi connectivity index (χ1n) is 4.72. The highest BCUT2D eigenvalue weighted by atomic mass is 35.5. The summed E-state index contributed by atoms with van der Waals surface area (Å²) in [7, 11) is 0. The second-order valence-electron chi connectivity index (χ2n) is 3.70. The van der Waals surface area contributed by atoms with Crippen LogP contribution in [-0.2, 0) is 9.53 Å². The molecule has 0 aromatic carbocycles. The molecule has 8 heteroatoms. The molecule has 1 heterocycles. The minimum Gasteiger partial charge on any atom is -0.389 e. The Morgan fingerprint density at radius 1 is 1.56 bits per heavy atom. The van der Waals surface area contributed by atoms with Crippen molar-refractivity contribution >= 4 is 18.3 Å². The van der Waals surface area contributed by atoms with Crippen LogP contribution < -0.4 is 16.8 Å². The number of halogens is 1. The van der Waals surface area contributed by atoms with Crippen LogP contribution in [0.2, 0.25) is 0 Å². The van der Waals surface area contributed by atoms with Gasteiger partial charge >= 0.3 is 0 Å². The van der Waals surface area contributed by atoms with Crippen LogP contribution in [0.3, 0.4) is 0 Å². The van der Waals surface area contributed by atoms with Crippen molar-refractivity contribution in [1.29, 1.82) is 0 Å². The molecule has 7 N–H and O–H groups in total. The Morgan fingerprint density at radius 2 is 2.12 bits per heavy atom. The third-order valence-corrected chi connectivity index (χ3v) is 2.32. The van der Waals surface area contributed by atoms with Crippen molar-refractivity contribution in [2.24, 2.45) is 11.5 Å². The summed E-state index contributed by atoms with van der Waals surface area (Å²) in [4.78, 5) is 11.2. The van der Waals surface area contributed by atoms with Crippen LogP contribution in [0.25, 0.3) is 0 Å². The van der Waals surface area contributed by atoms with Crippen molar-refractivity contribution in [3.05, 3.63) is 0 Å². The van der Waals surface area contributed by atoms with Gasteiger partial charge < -0.3 is 31.7 Å². The minimum atomic E-state index is -1.21. The molecule has 16 heavy (non-hydrogen) atoms. The summed E-state index contributed by atoms with van der Waals surface area (Å²) in [6.07, 6.45) is -2.25. The maximum Gasteiger partial charge on any atom is 0.237 e. The highest BCUT2D eigenvalue weighted by molar-refractivity contribution is 5.85. The van der Waals surface area contributed by atoms with Gasteiger partial charge in [-0.1, -0.05) is 0 Å². The molecule has 1 fully saturated rings. The lowest BCUT2D eigenvalue weighted by Gasteiger charge is -2.36. The normalized spacial score (nSPS) is 36.1. The number of aliphatic hydroxyl groups is 2. The highest BCUT2D eigenvalue weighted by Gasteiger charge is 2.37. The number of aliphatic hydroxyl groups excluding tert-OH is 2. The molecule has 0 aromatic rings. The molecule has 0 radical (unpaired) electrons. The average Bonchev–Trinajstić information content (AvgIpc) is 2.18. The fraction of sp³-hybridized carbons (Fsp3) is 0.875. The van der Waals surface area contributed by atoms with Crippen LogP contribution in [0.15, 0.2) is 0 Å². The molecule has 7 nitrogen and oxygen atoms in total. The van der Waals surface area contributed by atoms with Gasteiger partial charge in [-0.25, -0.2) is 0 Å². The van der Waals surface area contributed by atoms with Crippen molar-refractivity contribution in [2.45, 2.75) is 37.4 Å². The van der Waals surface area contributed by atoms with Gasteiger partial charge in [0.2, 0.25) is 5.91 Å². The van der Waals surface area contributed by atoms with E-state index in [2.05, 4.69) is 5.32 Å². The van der Waals surface area contributed by atoms with E-state index in [1.807, 2.05) is 0 Å². The van der Waals surface area contributed by atoms with Crippen molar-refractivity contribution in [3.8, 4) is 0 Å². The Morgan fingerprint density at radius 3 is 2.62 bits per heavy atom. The van der Waals surface area contributed by atoms with Crippen LogP contribution >= 0.6 is 12.4 Å². The summed E-state index contributed by atoms with van der Waals surface area (Å²) >= 11 is 0. The minimum absolute atomic E-state index is 0. The van der Waals surface area contributed by atoms with Gasteiger partial charge in [-0.15, -0.1) is 12.4 Å². The summed E-state index contributed by atoms with van der Waals surface area (Å²) in [6, 6.07) is -2.24. The quantitative estimate of drug-likeness (QED) is 0.364. The third kappa shape index (κ3) is 3.55. The lowest BCUT2D eigenvalue weighted by molar-refractivity contribution is -0.178. The summed E-state index contributed by atoms with van der Waals surface area (Å²) in [5, 5.41) is 21.3. The number of hydrogen-bond acceptors (Lipinski definition) is 6. The van der Waals surface area contributed by atoms with Gasteiger partial charge in [0.1, 0.15) is 0 Å². The molecular weight excluding hydrogens is 238 g/mol. The summed E-state index contributed by atoms with van der Waals surface area (Å²) in [5.41, 5.74) is 10.8. The topological polar surface area (TPSA) is 131 Å². The third-order valence-electron chi connectivity index (χ3n) is 2.32. The molecule has 0 bridgehead atoms. The Labute approximate surface area is 99.5 Å². The molecule has 0 saturated carbocycles. The molecule has 96 valence electrons. The number of amides is 1. The van der Waals surface area contributed by atoms with Gasteiger partial charge in [0.05, 0.1) is 30.8 Å². The van der Waals surface area contributed by atoms with E-state index in [1.54, 1.807) is 0 Å². The summed E-state index contributed by atoms with van der Waals surface area (Å²) < 4.78 is 4.87. The van der Waals surface area contributed by atoms with Crippen molar-refractivity contribution in [1.82, 2.24) is 5.32 Å². The number of rotatable bonds is 2. The second kappa shape index (κ2) is 6.33. The van der Waals surface area contributed by atoms with Crippen LogP contribution in [0.4, 0.5) is 0 Å². The number of nitrogens with one attached hydrogen (secondary N) is 1.